The Labute approximate surface area is 120 Å². The molecule has 6 heteroatoms. The van der Waals surface area contributed by atoms with Gasteiger partial charge in [0.15, 0.2) is 0 Å². The largest absolute Gasteiger partial charge is 0.275 e. The van der Waals surface area contributed by atoms with Crippen LogP contribution in [-0.4, -0.2) is 5.24 Å². The first-order valence-electron chi connectivity index (χ1n) is 5.04. The number of carbonyl (C=O) groups is 1. The van der Waals surface area contributed by atoms with Gasteiger partial charge in [-0.2, -0.15) is 0 Å². The number of benzene rings is 2. The third-order valence-corrected chi connectivity index (χ3v) is 3.16. The molecule has 0 atom stereocenters. The van der Waals surface area contributed by atoms with Gasteiger partial charge in [0.25, 0.3) is 5.24 Å². The molecular weight excluding hydrogens is 344 g/mol. The summed E-state index contributed by atoms with van der Waals surface area (Å²) >= 11 is 8.14. The minimum Gasteiger partial charge on any atom is -0.275 e. The third kappa shape index (κ3) is 2.82. The third-order valence-electron chi connectivity index (χ3n) is 2.48. The highest BCUT2D eigenvalue weighted by atomic mass is 79.9. The molecule has 0 aromatic heterocycles. The molecule has 19 heavy (non-hydrogen) atoms. The standard InChI is InChI=1S/C13H5BrClF3O/c14-7-1-2-8(9(16)5-7)6-3-10(17)12(13(15)19)11(18)4-6/h1-5H. The SMILES string of the molecule is O=C(Cl)c1c(F)cc(-c2ccc(Br)cc2F)cc1F. The molecule has 0 saturated carbocycles. The Kier molecular flexibility index (Phi) is 3.96. The fraction of sp³-hybridized carbons (Fsp3) is 0. The van der Waals surface area contributed by atoms with Gasteiger partial charge in [-0.05, 0) is 41.4 Å². The topological polar surface area (TPSA) is 17.1 Å². The fourth-order valence-corrected chi connectivity index (χ4v) is 2.15. The summed E-state index contributed by atoms with van der Waals surface area (Å²) in [6.07, 6.45) is 0. The zero-order chi connectivity index (χ0) is 14.2. The Morgan fingerprint density at radius 2 is 1.58 bits per heavy atom. The van der Waals surface area contributed by atoms with E-state index in [1.807, 2.05) is 0 Å². The number of hydrogen-bond acceptors (Lipinski definition) is 1. The average molecular weight is 350 g/mol. The summed E-state index contributed by atoms with van der Waals surface area (Å²) in [5.41, 5.74) is -0.834. The highest BCUT2D eigenvalue weighted by Gasteiger charge is 2.18. The van der Waals surface area contributed by atoms with E-state index < -0.39 is 28.3 Å². The molecule has 98 valence electrons. The summed E-state index contributed by atoms with van der Waals surface area (Å²) in [5.74, 6) is -2.90. The smallest absolute Gasteiger partial charge is 0.258 e. The Balaban J connectivity index is 2.61. The van der Waals surface area contributed by atoms with Crippen LogP contribution in [0, 0.1) is 17.5 Å². The molecule has 0 unspecified atom stereocenters. The van der Waals surface area contributed by atoms with Crippen LogP contribution in [0.1, 0.15) is 10.4 Å². The highest BCUT2D eigenvalue weighted by molar-refractivity contribution is 9.10. The maximum atomic E-state index is 13.7. The molecule has 0 spiro atoms. The van der Waals surface area contributed by atoms with E-state index >= 15 is 0 Å². The van der Waals surface area contributed by atoms with E-state index in [2.05, 4.69) is 15.9 Å². The predicted molar refractivity (Wildman–Crippen MR) is 69.6 cm³/mol. The van der Waals surface area contributed by atoms with Gasteiger partial charge in [0.1, 0.15) is 23.0 Å². The number of carbonyl (C=O) groups excluding carboxylic acids is 1. The molecule has 0 bridgehead atoms. The van der Waals surface area contributed by atoms with Crippen LogP contribution in [-0.2, 0) is 0 Å². The Hall–Kier alpha value is -1.33. The van der Waals surface area contributed by atoms with Crippen molar-refractivity contribution in [3.8, 4) is 11.1 Å². The summed E-state index contributed by atoms with van der Waals surface area (Å²) < 4.78 is 41.4. The Bertz CT molecular complexity index is 650. The van der Waals surface area contributed by atoms with E-state index in [9.17, 15) is 18.0 Å². The second kappa shape index (κ2) is 5.35. The molecule has 0 fully saturated rings. The zero-order valence-electron chi connectivity index (χ0n) is 9.18. The lowest BCUT2D eigenvalue weighted by Gasteiger charge is -2.07. The van der Waals surface area contributed by atoms with Crippen LogP contribution in [0.4, 0.5) is 13.2 Å². The molecule has 0 saturated heterocycles. The van der Waals surface area contributed by atoms with Crippen molar-refractivity contribution in [1.29, 1.82) is 0 Å². The Morgan fingerprint density at radius 1 is 1.00 bits per heavy atom. The van der Waals surface area contributed by atoms with E-state index in [1.165, 1.54) is 18.2 Å². The van der Waals surface area contributed by atoms with Gasteiger partial charge in [0.05, 0.1) is 0 Å². The predicted octanol–water partition coefficient (Wildman–Crippen LogP) is 4.91. The van der Waals surface area contributed by atoms with Crippen LogP contribution in [0.5, 0.6) is 0 Å². The summed E-state index contributed by atoms with van der Waals surface area (Å²) in [6.45, 7) is 0. The van der Waals surface area contributed by atoms with Gasteiger partial charge in [-0.1, -0.05) is 22.0 Å². The Morgan fingerprint density at radius 3 is 2.05 bits per heavy atom. The van der Waals surface area contributed by atoms with Gasteiger partial charge in [-0.25, -0.2) is 13.2 Å². The maximum Gasteiger partial charge on any atom is 0.258 e. The summed E-state index contributed by atoms with van der Waals surface area (Å²) in [7, 11) is 0. The molecule has 0 N–H and O–H groups in total. The van der Waals surface area contributed by atoms with Crippen LogP contribution in [0.25, 0.3) is 11.1 Å². The molecular formula is C13H5BrClF3O. The molecule has 2 aromatic carbocycles. The minimum atomic E-state index is -1.24. The van der Waals surface area contributed by atoms with Crippen LogP contribution in [0.2, 0.25) is 0 Å². The van der Waals surface area contributed by atoms with Crippen molar-refractivity contribution in [2.75, 3.05) is 0 Å². The first kappa shape index (κ1) is 14.1. The lowest BCUT2D eigenvalue weighted by molar-refractivity contribution is 0.107. The lowest BCUT2D eigenvalue weighted by Crippen LogP contribution is -2.00. The van der Waals surface area contributed by atoms with Gasteiger partial charge in [0, 0.05) is 10.0 Å². The molecule has 0 radical (unpaired) electrons. The van der Waals surface area contributed by atoms with E-state index in [1.54, 1.807) is 0 Å². The monoisotopic (exact) mass is 348 g/mol. The van der Waals surface area contributed by atoms with Crippen LogP contribution < -0.4 is 0 Å². The minimum absolute atomic E-state index is 0.0123. The normalized spacial score (nSPS) is 10.6. The van der Waals surface area contributed by atoms with Crippen molar-refractivity contribution < 1.29 is 18.0 Å². The van der Waals surface area contributed by atoms with Crippen molar-refractivity contribution in [3.63, 3.8) is 0 Å². The molecule has 0 aliphatic heterocycles. The number of hydrogen-bond donors (Lipinski definition) is 0. The molecule has 1 nitrogen and oxygen atoms in total. The number of halogens is 5. The van der Waals surface area contributed by atoms with Gasteiger partial charge in [-0.3, -0.25) is 4.79 Å². The summed E-state index contributed by atoms with van der Waals surface area (Å²) in [4.78, 5) is 10.9. The quantitative estimate of drug-likeness (QED) is 0.704. The van der Waals surface area contributed by atoms with E-state index in [4.69, 9.17) is 11.6 Å². The van der Waals surface area contributed by atoms with Crippen molar-refractivity contribution in [1.82, 2.24) is 0 Å². The van der Waals surface area contributed by atoms with Crippen LogP contribution >= 0.6 is 27.5 Å². The van der Waals surface area contributed by atoms with Crippen molar-refractivity contribution in [2.24, 2.45) is 0 Å². The van der Waals surface area contributed by atoms with Crippen molar-refractivity contribution >= 4 is 32.8 Å². The summed E-state index contributed by atoms with van der Waals surface area (Å²) in [5, 5.41) is -1.24. The van der Waals surface area contributed by atoms with Crippen LogP contribution in [0.3, 0.4) is 0 Å². The summed E-state index contributed by atoms with van der Waals surface area (Å²) in [6, 6.07) is 5.81. The first-order chi connectivity index (χ1) is 8.90. The zero-order valence-corrected chi connectivity index (χ0v) is 11.5. The van der Waals surface area contributed by atoms with Crippen LogP contribution in [0.15, 0.2) is 34.8 Å². The molecule has 2 rings (SSSR count). The molecule has 0 aliphatic rings. The van der Waals surface area contributed by atoms with Gasteiger partial charge >= 0.3 is 0 Å². The second-order valence-corrected chi connectivity index (χ2v) is 4.97. The van der Waals surface area contributed by atoms with Gasteiger partial charge < -0.3 is 0 Å². The van der Waals surface area contributed by atoms with E-state index in [0.717, 1.165) is 12.1 Å². The van der Waals surface area contributed by atoms with Crippen molar-refractivity contribution in [2.45, 2.75) is 0 Å². The number of rotatable bonds is 2. The first-order valence-corrected chi connectivity index (χ1v) is 6.21. The van der Waals surface area contributed by atoms with Crippen molar-refractivity contribution in [3.05, 3.63) is 57.8 Å². The fourth-order valence-electron chi connectivity index (χ4n) is 1.64. The second-order valence-electron chi connectivity index (χ2n) is 3.71. The maximum absolute atomic E-state index is 13.7. The molecule has 2 aromatic rings. The lowest BCUT2D eigenvalue weighted by atomic mass is 10.0. The highest BCUT2D eigenvalue weighted by Crippen LogP contribution is 2.28. The molecule has 0 aliphatic carbocycles. The average Bonchev–Trinajstić information content (AvgIpc) is 2.26. The molecule has 0 amide bonds. The van der Waals surface area contributed by atoms with E-state index in [-0.39, 0.29) is 11.1 Å². The van der Waals surface area contributed by atoms with Gasteiger partial charge in [-0.15, -0.1) is 0 Å². The molecule has 0 heterocycles. The van der Waals surface area contributed by atoms with Gasteiger partial charge in [0.2, 0.25) is 0 Å². The van der Waals surface area contributed by atoms with E-state index in [0.29, 0.717) is 4.47 Å².